The first kappa shape index (κ1) is 18.5. The molecule has 1 aliphatic heterocycles. The number of oxazole rings is 1. The van der Waals surface area contributed by atoms with E-state index in [0.717, 1.165) is 48.5 Å². The van der Waals surface area contributed by atoms with E-state index in [2.05, 4.69) is 15.0 Å². The van der Waals surface area contributed by atoms with Crippen molar-refractivity contribution in [3.05, 3.63) is 64.3 Å². The third-order valence-corrected chi connectivity index (χ3v) is 5.92. The minimum atomic E-state index is 0.336. The average Bonchev–Trinajstić information content (AvgIpc) is 3.33. The molecule has 0 bridgehead atoms. The van der Waals surface area contributed by atoms with E-state index in [1.165, 1.54) is 0 Å². The van der Waals surface area contributed by atoms with Crippen LogP contribution in [0.3, 0.4) is 0 Å². The summed E-state index contributed by atoms with van der Waals surface area (Å²) in [6, 6.07) is 15.4. The first-order valence-electron chi connectivity index (χ1n) is 9.58. The highest BCUT2D eigenvalue weighted by Crippen LogP contribution is 2.30. The molecule has 0 unspecified atom stereocenters. The van der Waals surface area contributed by atoms with Crippen LogP contribution in [0.1, 0.15) is 24.7 Å². The fourth-order valence-corrected chi connectivity index (χ4v) is 4.11. The molecule has 0 spiro atoms. The van der Waals surface area contributed by atoms with E-state index >= 15 is 0 Å². The number of halogens is 1. The third kappa shape index (κ3) is 3.73. The molecule has 6 nitrogen and oxygen atoms in total. The number of rotatable bonds is 4. The third-order valence-electron chi connectivity index (χ3n) is 5.29. The van der Waals surface area contributed by atoms with Crippen LogP contribution in [-0.4, -0.2) is 32.8 Å². The minimum absolute atomic E-state index is 0.336. The molecule has 2 aromatic carbocycles. The van der Waals surface area contributed by atoms with Crippen LogP contribution in [0.4, 0.5) is 0 Å². The largest absolute Gasteiger partial charge is 0.440 e. The van der Waals surface area contributed by atoms with Crippen LogP contribution in [0.2, 0.25) is 5.02 Å². The van der Waals surface area contributed by atoms with Gasteiger partial charge in [-0.05, 0) is 49.3 Å². The molecule has 0 saturated carbocycles. The van der Waals surface area contributed by atoms with Gasteiger partial charge in [-0.3, -0.25) is 4.90 Å². The topological polar surface area (TPSA) is 60.2 Å². The summed E-state index contributed by atoms with van der Waals surface area (Å²) < 4.78 is 13.3. The summed E-state index contributed by atoms with van der Waals surface area (Å²) >= 11 is 11.6. The van der Waals surface area contributed by atoms with Gasteiger partial charge in [-0.1, -0.05) is 35.9 Å². The minimum Gasteiger partial charge on any atom is -0.440 e. The van der Waals surface area contributed by atoms with Gasteiger partial charge in [0.1, 0.15) is 5.52 Å². The summed E-state index contributed by atoms with van der Waals surface area (Å²) in [5.41, 5.74) is 2.52. The van der Waals surface area contributed by atoms with Gasteiger partial charge >= 0.3 is 0 Å². The SMILES string of the molecule is S=c1oc(-c2ccccc2Cl)nn1CN1CCC(c2nc3ccccc3o2)CC1. The molecule has 0 radical (unpaired) electrons. The Hall–Kier alpha value is -2.48. The maximum absolute atomic E-state index is 6.25. The van der Waals surface area contributed by atoms with Crippen LogP contribution < -0.4 is 0 Å². The lowest BCUT2D eigenvalue weighted by Gasteiger charge is -2.29. The summed E-state index contributed by atoms with van der Waals surface area (Å²) in [5.74, 6) is 1.62. The van der Waals surface area contributed by atoms with E-state index in [-0.39, 0.29) is 0 Å². The van der Waals surface area contributed by atoms with Crippen molar-refractivity contribution in [3.63, 3.8) is 0 Å². The second kappa shape index (κ2) is 7.74. The second-order valence-electron chi connectivity index (χ2n) is 7.21. The monoisotopic (exact) mass is 426 g/mol. The number of likely N-dealkylation sites (tertiary alicyclic amines) is 1. The van der Waals surface area contributed by atoms with Gasteiger partial charge in [-0.15, -0.1) is 5.10 Å². The van der Waals surface area contributed by atoms with Gasteiger partial charge in [0.05, 0.1) is 17.3 Å². The van der Waals surface area contributed by atoms with E-state index in [1.54, 1.807) is 4.68 Å². The van der Waals surface area contributed by atoms with Crippen molar-refractivity contribution in [2.24, 2.45) is 0 Å². The Kier molecular flexibility index (Phi) is 4.95. The Balaban J connectivity index is 1.26. The lowest BCUT2D eigenvalue weighted by molar-refractivity contribution is 0.152. The van der Waals surface area contributed by atoms with Crippen LogP contribution in [0, 0.1) is 4.84 Å². The fraction of sp³-hybridized carbons (Fsp3) is 0.286. The van der Waals surface area contributed by atoms with Gasteiger partial charge < -0.3 is 8.83 Å². The van der Waals surface area contributed by atoms with E-state index < -0.39 is 0 Å². The molecule has 0 N–H and O–H groups in total. The molecule has 29 heavy (non-hydrogen) atoms. The fourth-order valence-electron chi connectivity index (χ4n) is 3.71. The number of nitrogens with zero attached hydrogens (tertiary/aromatic N) is 4. The molecule has 5 rings (SSSR count). The van der Waals surface area contributed by atoms with Crippen LogP contribution in [-0.2, 0) is 6.67 Å². The molecule has 2 aromatic heterocycles. The highest BCUT2D eigenvalue weighted by molar-refractivity contribution is 7.71. The predicted octanol–water partition coefficient (Wildman–Crippen LogP) is 5.50. The zero-order valence-corrected chi connectivity index (χ0v) is 17.2. The lowest BCUT2D eigenvalue weighted by atomic mass is 9.97. The summed E-state index contributed by atoms with van der Waals surface area (Å²) in [7, 11) is 0. The highest BCUT2D eigenvalue weighted by atomic mass is 35.5. The molecule has 3 heterocycles. The van der Waals surface area contributed by atoms with Crippen molar-refractivity contribution >= 4 is 34.9 Å². The van der Waals surface area contributed by atoms with Gasteiger partial charge in [0.25, 0.3) is 4.84 Å². The zero-order valence-electron chi connectivity index (χ0n) is 15.6. The van der Waals surface area contributed by atoms with Crippen molar-refractivity contribution in [3.8, 4) is 11.5 Å². The molecule has 8 heteroatoms. The van der Waals surface area contributed by atoms with Gasteiger partial charge in [-0.25, -0.2) is 9.67 Å². The molecule has 1 saturated heterocycles. The number of aromatic nitrogens is 3. The highest BCUT2D eigenvalue weighted by Gasteiger charge is 2.25. The van der Waals surface area contributed by atoms with Gasteiger partial charge in [0.15, 0.2) is 11.5 Å². The number of benzene rings is 2. The zero-order chi connectivity index (χ0) is 19.8. The standard InChI is InChI=1S/C21H19ClN4O2S/c22-16-6-2-1-5-15(16)20-24-26(21(29)28-20)13-25-11-9-14(10-12-25)19-23-17-7-3-4-8-18(17)27-19/h1-8,14H,9-13H2. The Bertz CT molecular complexity index is 1170. The maximum Gasteiger partial charge on any atom is 0.288 e. The van der Waals surface area contributed by atoms with Gasteiger partial charge in [0, 0.05) is 19.0 Å². The quantitative estimate of drug-likeness (QED) is 0.401. The van der Waals surface area contributed by atoms with Crippen LogP contribution in [0.15, 0.2) is 57.4 Å². The lowest BCUT2D eigenvalue weighted by Crippen LogP contribution is -2.34. The Labute approximate surface area is 177 Å². The number of hydrogen-bond acceptors (Lipinski definition) is 6. The van der Waals surface area contributed by atoms with Crippen LogP contribution in [0.5, 0.6) is 0 Å². The van der Waals surface area contributed by atoms with Crippen molar-refractivity contribution < 1.29 is 8.83 Å². The number of fused-ring (bicyclic) bond motifs is 1. The summed E-state index contributed by atoms with van der Waals surface area (Å²) in [6.45, 7) is 2.42. The summed E-state index contributed by atoms with van der Waals surface area (Å²) in [4.78, 5) is 7.32. The molecular weight excluding hydrogens is 408 g/mol. The Morgan fingerprint density at radius 1 is 1.03 bits per heavy atom. The average molecular weight is 427 g/mol. The smallest absolute Gasteiger partial charge is 0.288 e. The molecule has 0 amide bonds. The van der Waals surface area contributed by atoms with Gasteiger partial charge in [0.2, 0.25) is 5.89 Å². The van der Waals surface area contributed by atoms with Crippen molar-refractivity contribution in [1.82, 2.24) is 19.7 Å². The van der Waals surface area contributed by atoms with Crippen molar-refractivity contribution in [2.75, 3.05) is 13.1 Å². The molecule has 148 valence electrons. The summed E-state index contributed by atoms with van der Waals surface area (Å²) in [5, 5.41) is 5.12. The number of para-hydroxylation sites is 2. The maximum atomic E-state index is 6.25. The van der Waals surface area contributed by atoms with Crippen LogP contribution >= 0.6 is 23.8 Å². The molecule has 1 aliphatic rings. The van der Waals surface area contributed by atoms with Gasteiger partial charge in [-0.2, -0.15) is 0 Å². The Morgan fingerprint density at radius 3 is 2.59 bits per heavy atom. The second-order valence-corrected chi connectivity index (χ2v) is 7.96. The van der Waals surface area contributed by atoms with Crippen molar-refractivity contribution in [2.45, 2.75) is 25.4 Å². The number of hydrogen-bond donors (Lipinski definition) is 0. The first-order valence-corrected chi connectivity index (χ1v) is 10.4. The molecule has 4 aromatic rings. The van der Waals surface area contributed by atoms with Crippen LogP contribution in [0.25, 0.3) is 22.6 Å². The molecule has 0 atom stereocenters. The van der Waals surface area contributed by atoms with E-state index in [4.69, 9.17) is 32.7 Å². The normalized spacial score (nSPS) is 15.9. The van der Waals surface area contributed by atoms with E-state index in [9.17, 15) is 0 Å². The van der Waals surface area contributed by atoms with E-state index in [0.29, 0.717) is 28.3 Å². The molecular formula is C21H19ClN4O2S. The first-order chi connectivity index (χ1) is 14.2. The Morgan fingerprint density at radius 2 is 1.79 bits per heavy atom. The predicted molar refractivity (Wildman–Crippen MR) is 113 cm³/mol. The number of piperidine rings is 1. The summed E-state index contributed by atoms with van der Waals surface area (Å²) in [6.07, 6.45) is 1.96. The molecule has 0 aliphatic carbocycles. The van der Waals surface area contributed by atoms with E-state index in [1.807, 2.05) is 48.5 Å². The van der Waals surface area contributed by atoms with Crippen molar-refractivity contribution in [1.29, 1.82) is 0 Å². The molecule has 1 fully saturated rings.